The van der Waals surface area contributed by atoms with Gasteiger partial charge >= 0.3 is 5.97 Å². The van der Waals surface area contributed by atoms with Gasteiger partial charge in [-0.05, 0) is 46.9 Å². The van der Waals surface area contributed by atoms with E-state index in [1.54, 1.807) is 29.2 Å². The number of anilines is 1. The number of aliphatic hydroxyl groups is 1. The Hall–Kier alpha value is -5.10. The maximum atomic E-state index is 15.3. The number of alkyl halides is 1. The third kappa shape index (κ3) is 7.12. The van der Waals surface area contributed by atoms with Crippen molar-refractivity contribution in [3.05, 3.63) is 140 Å². The molecule has 3 saturated heterocycles. The average Bonchev–Trinajstić information content (AvgIpc) is 3.81. The van der Waals surface area contributed by atoms with E-state index in [2.05, 4.69) is 34.4 Å². The molecule has 4 aromatic carbocycles. The van der Waals surface area contributed by atoms with Crippen molar-refractivity contribution in [1.29, 1.82) is 0 Å². The van der Waals surface area contributed by atoms with Crippen molar-refractivity contribution in [3.8, 4) is 0 Å². The lowest BCUT2D eigenvalue weighted by atomic mass is 9.70. The van der Waals surface area contributed by atoms with E-state index in [1.165, 1.54) is 4.90 Å². The number of benzene rings is 4. The summed E-state index contributed by atoms with van der Waals surface area (Å²) < 4.78 is 13.0. The lowest BCUT2D eigenvalue weighted by Gasteiger charge is -2.39. The number of nitrogens with one attached hydrogen (secondary N) is 1. The Morgan fingerprint density at radius 2 is 1.64 bits per heavy atom. The van der Waals surface area contributed by atoms with Crippen LogP contribution >= 0.6 is 15.9 Å². The Morgan fingerprint density at radius 3 is 2.31 bits per heavy atom. The van der Waals surface area contributed by atoms with Gasteiger partial charge in [0.1, 0.15) is 17.7 Å². The van der Waals surface area contributed by atoms with Crippen LogP contribution in [-0.4, -0.2) is 76.0 Å². The Morgan fingerprint density at radius 1 is 0.964 bits per heavy atom. The first-order chi connectivity index (χ1) is 26.7. The molecule has 284 valence electrons. The second-order valence-electron chi connectivity index (χ2n) is 14.3. The molecule has 3 fully saturated rings. The molecule has 0 radical (unpaired) electrons. The molecule has 7 rings (SSSR count). The van der Waals surface area contributed by atoms with Gasteiger partial charge in [0.25, 0.3) is 5.91 Å². The normalized spacial score (nSPS) is 24.9. The first-order valence-corrected chi connectivity index (χ1v) is 19.5. The molecule has 55 heavy (non-hydrogen) atoms. The van der Waals surface area contributed by atoms with Gasteiger partial charge < -0.3 is 29.7 Å². The average molecular weight is 807 g/mol. The van der Waals surface area contributed by atoms with E-state index < -0.39 is 70.9 Å². The van der Waals surface area contributed by atoms with Gasteiger partial charge in [0, 0.05) is 23.5 Å². The largest absolute Gasteiger partial charge is 0.455 e. The van der Waals surface area contributed by atoms with Crippen LogP contribution < -0.4 is 10.2 Å². The van der Waals surface area contributed by atoms with E-state index in [0.29, 0.717) is 23.2 Å². The van der Waals surface area contributed by atoms with Gasteiger partial charge in [-0.3, -0.25) is 19.2 Å². The molecule has 3 aliphatic rings. The molecule has 3 aliphatic heterocycles. The van der Waals surface area contributed by atoms with Crippen LogP contribution in [0.1, 0.15) is 42.5 Å². The summed E-state index contributed by atoms with van der Waals surface area (Å²) in [6, 6.07) is 29.6. The Kier molecular flexibility index (Phi) is 11.3. The van der Waals surface area contributed by atoms with Crippen LogP contribution in [0.5, 0.6) is 0 Å². The highest BCUT2D eigenvalue weighted by atomic mass is 79.9. The lowest BCUT2D eigenvalue weighted by Crippen LogP contribution is -2.57. The van der Waals surface area contributed by atoms with Gasteiger partial charge in [0.2, 0.25) is 11.8 Å². The van der Waals surface area contributed by atoms with Crippen molar-refractivity contribution in [2.75, 3.05) is 24.6 Å². The fourth-order valence-corrected chi connectivity index (χ4v) is 9.51. The van der Waals surface area contributed by atoms with Crippen molar-refractivity contribution in [1.82, 2.24) is 10.2 Å². The number of fused-ring (bicyclic) bond motifs is 2. The van der Waals surface area contributed by atoms with Crippen LogP contribution in [0.4, 0.5) is 5.69 Å². The summed E-state index contributed by atoms with van der Waals surface area (Å²) in [5, 5.41) is 15.8. The molecule has 0 saturated carbocycles. The number of nitrogens with zero attached hydrogens (tertiary/aromatic N) is 2. The molecule has 4 aromatic rings. The van der Waals surface area contributed by atoms with Crippen molar-refractivity contribution in [2.45, 2.75) is 54.0 Å². The molecule has 3 heterocycles. The van der Waals surface area contributed by atoms with Crippen molar-refractivity contribution in [3.63, 3.8) is 0 Å². The third-order valence-electron chi connectivity index (χ3n) is 11.0. The Labute approximate surface area is 328 Å². The minimum Gasteiger partial charge on any atom is -0.455 e. The van der Waals surface area contributed by atoms with E-state index >= 15 is 9.59 Å². The predicted octanol–water partition coefficient (Wildman–Crippen LogP) is 6.21. The maximum absolute atomic E-state index is 15.3. The number of rotatable bonds is 15. The van der Waals surface area contributed by atoms with E-state index in [9.17, 15) is 14.7 Å². The van der Waals surface area contributed by atoms with Crippen LogP contribution in [-0.2, 0) is 28.7 Å². The molecular formula is C44H44BrN3O7. The Bertz CT molecular complexity index is 2080. The summed E-state index contributed by atoms with van der Waals surface area (Å²) >= 11 is 3.76. The molecular weight excluding hydrogens is 762 g/mol. The standard InChI is InChI=1S/C44H44BrN3O7/c1-3-5-20-36(50)46-26-35(30-17-10-7-11-18-30)54-43(53)37-38-41(51)48(34(27-49)29-15-8-6-9-16-29)40(44(38)25-33(45)39(37)55-44)42(52)47(23-4-2)32-22-21-28-14-12-13-19-31(28)24-32/h3-4,6-19,21-22,24,33-35,37-40,49H,1-2,5,20,23,25-27H2,(H,46,50)/t33?,34-,35+,37-,38+,39-,40-,44+/m1/s1. The predicted molar refractivity (Wildman–Crippen MR) is 213 cm³/mol. The van der Waals surface area contributed by atoms with Gasteiger partial charge in [0.05, 0.1) is 37.1 Å². The highest BCUT2D eigenvalue weighted by molar-refractivity contribution is 9.09. The summed E-state index contributed by atoms with van der Waals surface area (Å²) in [6.45, 7) is 7.29. The van der Waals surface area contributed by atoms with E-state index in [1.807, 2.05) is 91.0 Å². The molecule has 1 unspecified atom stereocenters. The Balaban J connectivity index is 1.28. The SMILES string of the molecule is C=CCCC(=O)NC[C@H](OC(=O)[C@H]1[C@@H]2O[C@@]3(CC2Br)[C@@H]1C(=O)N([C@H](CO)c1ccccc1)[C@@H]3C(=O)N(CC=C)c1ccc2ccccc2c1)c1ccccc1. The molecule has 2 bridgehead atoms. The van der Waals surface area contributed by atoms with Crippen molar-refractivity contribution < 1.29 is 33.8 Å². The third-order valence-corrected chi connectivity index (χ3v) is 11.9. The second-order valence-corrected chi connectivity index (χ2v) is 15.4. The summed E-state index contributed by atoms with van der Waals surface area (Å²) in [5.41, 5.74) is 0.474. The van der Waals surface area contributed by atoms with Gasteiger partial charge in [-0.15, -0.1) is 13.2 Å². The van der Waals surface area contributed by atoms with Crippen LogP contribution in [0.2, 0.25) is 0 Å². The highest BCUT2D eigenvalue weighted by Gasteiger charge is 2.77. The van der Waals surface area contributed by atoms with Crippen LogP contribution in [0.15, 0.2) is 128 Å². The van der Waals surface area contributed by atoms with Crippen molar-refractivity contribution >= 4 is 56.1 Å². The first kappa shape index (κ1) is 38.2. The number of amides is 3. The molecule has 0 aromatic heterocycles. The van der Waals surface area contributed by atoms with Crippen LogP contribution in [0, 0.1) is 11.8 Å². The maximum Gasteiger partial charge on any atom is 0.313 e. The second kappa shape index (κ2) is 16.3. The number of likely N-dealkylation sites (tertiary alicyclic amines) is 1. The number of carbonyl (C=O) groups excluding carboxylic acids is 4. The number of esters is 1. The monoisotopic (exact) mass is 805 g/mol. The summed E-state index contributed by atoms with van der Waals surface area (Å²) in [6.07, 6.45) is 2.65. The molecule has 8 atom stereocenters. The van der Waals surface area contributed by atoms with Gasteiger partial charge in [0.15, 0.2) is 0 Å². The molecule has 11 heteroatoms. The minimum atomic E-state index is -1.43. The molecule has 3 amide bonds. The summed E-state index contributed by atoms with van der Waals surface area (Å²) in [7, 11) is 0. The zero-order valence-electron chi connectivity index (χ0n) is 30.3. The number of allylic oxidation sites excluding steroid dienone is 1. The number of halogens is 1. The lowest BCUT2D eigenvalue weighted by molar-refractivity contribution is -0.160. The molecule has 1 spiro atoms. The van der Waals surface area contributed by atoms with E-state index in [-0.39, 0.29) is 31.8 Å². The summed E-state index contributed by atoms with van der Waals surface area (Å²) in [5.74, 6) is -3.96. The zero-order chi connectivity index (χ0) is 38.7. The van der Waals surface area contributed by atoms with E-state index in [4.69, 9.17) is 9.47 Å². The highest BCUT2D eigenvalue weighted by Crippen LogP contribution is 2.61. The number of ether oxygens (including phenoxy) is 2. The topological polar surface area (TPSA) is 125 Å². The van der Waals surface area contributed by atoms with Crippen LogP contribution in [0.3, 0.4) is 0 Å². The smallest absolute Gasteiger partial charge is 0.313 e. The fraction of sp³-hybridized carbons (Fsp3) is 0.318. The van der Waals surface area contributed by atoms with E-state index in [0.717, 1.165) is 10.8 Å². The quantitative estimate of drug-likeness (QED) is 0.0833. The fourth-order valence-electron chi connectivity index (χ4n) is 8.57. The van der Waals surface area contributed by atoms with Crippen LogP contribution in [0.25, 0.3) is 10.8 Å². The summed E-state index contributed by atoms with van der Waals surface area (Å²) in [4.78, 5) is 60.2. The number of carbonyl (C=O) groups is 4. The molecule has 2 N–H and O–H groups in total. The van der Waals surface area contributed by atoms with Gasteiger partial charge in [-0.1, -0.05) is 119 Å². The first-order valence-electron chi connectivity index (χ1n) is 18.6. The number of aliphatic hydroxyl groups excluding tert-OH is 1. The zero-order valence-corrected chi connectivity index (χ0v) is 31.9. The van der Waals surface area contributed by atoms with Gasteiger partial charge in [-0.2, -0.15) is 0 Å². The minimum absolute atomic E-state index is 0.0154. The number of hydrogen-bond acceptors (Lipinski definition) is 7. The molecule has 10 nitrogen and oxygen atoms in total. The van der Waals surface area contributed by atoms with Crippen molar-refractivity contribution in [2.24, 2.45) is 11.8 Å². The molecule has 0 aliphatic carbocycles. The number of hydrogen-bond donors (Lipinski definition) is 2. The van der Waals surface area contributed by atoms with Gasteiger partial charge in [-0.25, -0.2) is 0 Å².